The van der Waals surface area contributed by atoms with Gasteiger partial charge in [-0.1, -0.05) is 25.4 Å². The summed E-state index contributed by atoms with van der Waals surface area (Å²) in [5.74, 6) is -0.0555. The van der Waals surface area contributed by atoms with E-state index < -0.39 is 32.5 Å². The minimum absolute atomic E-state index is 0.0328. The maximum Gasteiger partial charge on any atom is 0.264 e. The fourth-order valence-corrected chi connectivity index (χ4v) is 6.68. The summed E-state index contributed by atoms with van der Waals surface area (Å²) in [7, 11) is -7.79. The van der Waals surface area contributed by atoms with Gasteiger partial charge in [0.15, 0.2) is 0 Å². The van der Waals surface area contributed by atoms with Crippen molar-refractivity contribution in [2.45, 2.75) is 30.6 Å². The first-order valence-corrected chi connectivity index (χ1v) is 15.2. The van der Waals surface area contributed by atoms with Crippen LogP contribution in [0.25, 0.3) is 0 Å². The van der Waals surface area contributed by atoms with Crippen molar-refractivity contribution in [3.63, 3.8) is 0 Å². The van der Waals surface area contributed by atoms with Crippen LogP contribution in [0.4, 0.5) is 11.4 Å². The third-order valence-electron chi connectivity index (χ3n) is 5.61. The average Bonchev–Trinajstić information content (AvgIpc) is 2.89. The van der Waals surface area contributed by atoms with Crippen LogP contribution in [0.5, 0.6) is 5.75 Å². The van der Waals surface area contributed by atoms with Gasteiger partial charge in [-0.2, -0.15) is 4.31 Å². The molecule has 0 atom stereocenters. The summed E-state index contributed by atoms with van der Waals surface area (Å²) in [6.07, 6.45) is 0. The number of carbonyl (C=O) groups excluding carboxylic acids is 1. The summed E-state index contributed by atoms with van der Waals surface area (Å²) in [5, 5.41) is 3.02. The number of anilines is 2. The summed E-state index contributed by atoms with van der Waals surface area (Å²) in [4.78, 5) is 13.1. The normalized spacial score (nSPS) is 11.8. The molecule has 12 heteroatoms. The molecule has 0 aromatic heterocycles. The van der Waals surface area contributed by atoms with Gasteiger partial charge in [-0.25, -0.2) is 16.8 Å². The predicted molar refractivity (Wildman–Crippen MR) is 149 cm³/mol. The minimum atomic E-state index is -4.14. The highest BCUT2D eigenvalue weighted by Gasteiger charge is 2.28. The van der Waals surface area contributed by atoms with Crippen molar-refractivity contribution in [3.8, 4) is 5.75 Å². The van der Waals surface area contributed by atoms with Crippen molar-refractivity contribution in [2.75, 3.05) is 35.9 Å². The first-order chi connectivity index (χ1) is 18.0. The van der Waals surface area contributed by atoms with E-state index in [4.69, 9.17) is 16.3 Å². The van der Waals surface area contributed by atoms with Crippen molar-refractivity contribution in [1.29, 1.82) is 0 Å². The van der Waals surface area contributed by atoms with Crippen molar-refractivity contribution in [1.82, 2.24) is 4.31 Å². The Morgan fingerprint density at radius 2 is 1.32 bits per heavy atom. The third-order valence-corrected chi connectivity index (χ3v) is 9.71. The van der Waals surface area contributed by atoms with Crippen LogP contribution in [-0.2, 0) is 24.8 Å². The number of ether oxygens (including phenoxy) is 1. The Morgan fingerprint density at radius 1 is 0.789 bits per heavy atom. The quantitative estimate of drug-likeness (QED) is 0.335. The van der Waals surface area contributed by atoms with Gasteiger partial charge in [0.1, 0.15) is 12.3 Å². The fraction of sp³-hybridized carbons (Fsp3) is 0.269. The zero-order valence-electron chi connectivity index (χ0n) is 21.3. The van der Waals surface area contributed by atoms with Crippen molar-refractivity contribution >= 4 is 48.9 Å². The number of hydrogen-bond donors (Lipinski definition) is 1. The number of rotatable bonds is 12. The SMILES string of the molecule is CCOc1ccc(N(CC(=O)Nc2ccc(S(=O)(=O)N(CC)CC)cc2)S(=O)(=O)c2ccc(Cl)cc2)cc1. The van der Waals surface area contributed by atoms with E-state index in [1.807, 2.05) is 6.92 Å². The van der Waals surface area contributed by atoms with Crippen molar-refractivity contribution in [2.24, 2.45) is 0 Å². The zero-order valence-corrected chi connectivity index (χ0v) is 23.7. The van der Waals surface area contributed by atoms with E-state index in [2.05, 4.69) is 5.32 Å². The highest BCUT2D eigenvalue weighted by Crippen LogP contribution is 2.27. The monoisotopic (exact) mass is 579 g/mol. The van der Waals surface area contributed by atoms with Gasteiger partial charge < -0.3 is 10.1 Å². The summed E-state index contributed by atoms with van der Waals surface area (Å²) in [6.45, 7) is 5.93. The van der Waals surface area contributed by atoms with E-state index in [-0.39, 0.29) is 15.5 Å². The van der Waals surface area contributed by atoms with Crippen LogP contribution in [0.1, 0.15) is 20.8 Å². The van der Waals surface area contributed by atoms with Crippen LogP contribution < -0.4 is 14.4 Å². The molecule has 0 unspecified atom stereocenters. The third kappa shape index (κ3) is 6.84. The van der Waals surface area contributed by atoms with Crippen LogP contribution in [0.15, 0.2) is 82.6 Å². The Morgan fingerprint density at radius 3 is 1.84 bits per heavy atom. The first kappa shape index (κ1) is 29.4. The lowest BCUT2D eigenvalue weighted by molar-refractivity contribution is -0.114. The molecule has 0 spiro atoms. The Hall–Kier alpha value is -3.12. The topological polar surface area (TPSA) is 113 Å². The van der Waals surface area contributed by atoms with Crippen molar-refractivity contribution in [3.05, 3.63) is 77.8 Å². The van der Waals surface area contributed by atoms with E-state index in [9.17, 15) is 21.6 Å². The van der Waals surface area contributed by atoms with Crippen LogP contribution >= 0.6 is 11.6 Å². The molecule has 0 saturated carbocycles. The number of carbonyl (C=O) groups is 1. The van der Waals surface area contributed by atoms with Gasteiger partial charge in [-0.05, 0) is 79.7 Å². The maximum atomic E-state index is 13.5. The summed E-state index contributed by atoms with van der Waals surface area (Å²) < 4.78 is 60.2. The molecule has 3 rings (SSSR count). The Labute approximate surface area is 229 Å². The van der Waals surface area contributed by atoms with Gasteiger partial charge in [-0.3, -0.25) is 9.10 Å². The highest BCUT2D eigenvalue weighted by atomic mass is 35.5. The summed E-state index contributed by atoms with van der Waals surface area (Å²) >= 11 is 5.93. The number of benzene rings is 3. The van der Waals surface area contributed by atoms with Crippen LogP contribution in [0.3, 0.4) is 0 Å². The number of halogens is 1. The molecule has 0 radical (unpaired) electrons. The number of hydrogen-bond acceptors (Lipinski definition) is 6. The van der Waals surface area contributed by atoms with Gasteiger partial charge in [0, 0.05) is 23.8 Å². The Bertz CT molecular complexity index is 1440. The molecule has 3 aromatic carbocycles. The molecule has 9 nitrogen and oxygen atoms in total. The second-order valence-electron chi connectivity index (χ2n) is 8.05. The average molecular weight is 580 g/mol. The smallest absolute Gasteiger partial charge is 0.264 e. The van der Waals surface area contributed by atoms with E-state index >= 15 is 0 Å². The van der Waals surface area contributed by atoms with E-state index in [0.29, 0.717) is 36.2 Å². The first-order valence-electron chi connectivity index (χ1n) is 11.9. The Balaban J connectivity index is 1.86. The van der Waals surface area contributed by atoms with Gasteiger partial charge in [0.25, 0.3) is 10.0 Å². The highest BCUT2D eigenvalue weighted by molar-refractivity contribution is 7.92. The van der Waals surface area contributed by atoms with E-state index in [1.165, 1.54) is 52.8 Å². The number of sulfonamides is 2. The molecule has 1 N–H and O–H groups in total. The molecule has 0 aliphatic heterocycles. The molecule has 0 aliphatic carbocycles. The van der Waals surface area contributed by atoms with Gasteiger partial charge in [-0.15, -0.1) is 0 Å². The minimum Gasteiger partial charge on any atom is -0.494 e. The molecule has 3 aromatic rings. The molecule has 1 amide bonds. The molecule has 0 fully saturated rings. The summed E-state index contributed by atoms with van der Waals surface area (Å²) in [6, 6.07) is 17.7. The van der Waals surface area contributed by atoms with Crippen LogP contribution in [-0.4, -0.2) is 53.3 Å². The predicted octanol–water partition coefficient (Wildman–Crippen LogP) is 4.60. The summed E-state index contributed by atoms with van der Waals surface area (Å²) in [5.41, 5.74) is 0.586. The molecule has 204 valence electrons. The second-order valence-corrected chi connectivity index (χ2v) is 12.3. The molecule has 0 heterocycles. The lowest BCUT2D eigenvalue weighted by Crippen LogP contribution is -2.38. The number of nitrogens with zero attached hydrogens (tertiary/aromatic N) is 2. The van der Waals surface area contributed by atoms with E-state index in [1.54, 1.807) is 38.1 Å². The van der Waals surface area contributed by atoms with Gasteiger partial charge in [0.05, 0.1) is 22.1 Å². The molecule has 38 heavy (non-hydrogen) atoms. The largest absolute Gasteiger partial charge is 0.494 e. The van der Waals surface area contributed by atoms with Gasteiger partial charge >= 0.3 is 0 Å². The molecule has 0 aliphatic rings. The van der Waals surface area contributed by atoms with Gasteiger partial charge in [0.2, 0.25) is 15.9 Å². The van der Waals surface area contributed by atoms with Crippen LogP contribution in [0, 0.1) is 0 Å². The standard InChI is InChI=1S/C26H30ClN3O6S2/c1-4-29(5-2)37(32,33)24-17-9-21(10-18-24)28-26(31)19-30(22-11-13-23(14-12-22)36-6-3)38(34,35)25-15-7-20(27)8-16-25/h7-18H,4-6,19H2,1-3H3,(H,28,31). The lowest BCUT2D eigenvalue weighted by atomic mass is 10.3. The van der Waals surface area contributed by atoms with Crippen molar-refractivity contribution < 1.29 is 26.4 Å². The molecular weight excluding hydrogens is 550 g/mol. The lowest BCUT2D eigenvalue weighted by Gasteiger charge is -2.24. The number of amides is 1. The molecule has 0 bridgehead atoms. The Kier molecular flexibility index (Phi) is 9.77. The number of nitrogens with one attached hydrogen (secondary N) is 1. The van der Waals surface area contributed by atoms with E-state index in [0.717, 1.165) is 4.31 Å². The maximum absolute atomic E-state index is 13.5. The molecular formula is C26H30ClN3O6S2. The zero-order chi connectivity index (χ0) is 27.9. The molecule has 0 saturated heterocycles. The second kappa shape index (κ2) is 12.6. The van der Waals surface area contributed by atoms with Crippen LogP contribution in [0.2, 0.25) is 5.02 Å². The fourth-order valence-electron chi connectivity index (χ4n) is 3.68.